The zero-order valence-corrected chi connectivity index (χ0v) is 26.6. The van der Waals surface area contributed by atoms with Gasteiger partial charge in [0.15, 0.2) is 10.2 Å². The maximum absolute atomic E-state index is 13.5. The molecule has 47 heavy (non-hydrogen) atoms. The third-order valence-electron chi connectivity index (χ3n) is 9.53. The smallest absolute Gasteiger partial charge is 0.190 e. The first kappa shape index (κ1) is 31.3. The molecule has 0 spiro atoms. The lowest BCUT2D eigenvalue weighted by molar-refractivity contribution is 0.441. The average molecular weight is 679 g/mol. The summed E-state index contributed by atoms with van der Waals surface area (Å²) in [5, 5.41) is 4.59. The summed E-state index contributed by atoms with van der Waals surface area (Å²) in [6.45, 7) is 3.38. The van der Waals surface area contributed by atoms with E-state index in [4.69, 9.17) is 24.4 Å². The normalized spacial score (nSPS) is 24.7. The first-order chi connectivity index (χ1) is 22.7. The number of thiocarbonyl (C=S) groups is 2. The molecule has 5 aromatic rings. The van der Waals surface area contributed by atoms with E-state index in [2.05, 4.69) is 25.2 Å². The molecular weight excluding hydrogens is 649 g/mol. The van der Waals surface area contributed by atoms with Gasteiger partial charge in [0.25, 0.3) is 0 Å². The van der Waals surface area contributed by atoms with E-state index in [1.54, 1.807) is 69.9 Å². The van der Waals surface area contributed by atoms with E-state index in [-0.39, 0.29) is 10.8 Å². The standard InChI is InChI=1S/C15H13F2N3S.C11H11F2N.C7H6N4S/c16-12-3-10(4-13(17)5-12)15-6-11(15)7-20(8-15)14(21)19-2-1-18-9-19;12-9-1-7(2-10(13)3-9)11-4-8(11)5-14-6-11;12-7(10-3-1-8-5-10)11-4-2-9-6-11/h1-5,9,11H,6-8H2;1-3,8,14H,4-6H2;1-6H/t11-,15+;8-,11+;/m00./s1. The van der Waals surface area contributed by atoms with E-state index < -0.39 is 23.3 Å². The summed E-state index contributed by atoms with van der Waals surface area (Å²) in [6.07, 6.45) is 17.5. The highest BCUT2D eigenvalue weighted by atomic mass is 32.1. The van der Waals surface area contributed by atoms with Crippen LogP contribution in [0.5, 0.6) is 0 Å². The summed E-state index contributed by atoms with van der Waals surface area (Å²) in [5.74, 6) is -0.955. The molecule has 2 aliphatic carbocycles. The zero-order valence-electron chi connectivity index (χ0n) is 25.0. The number of benzene rings is 2. The van der Waals surface area contributed by atoms with Gasteiger partial charge >= 0.3 is 0 Å². The van der Waals surface area contributed by atoms with Crippen LogP contribution in [0.3, 0.4) is 0 Å². The molecule has 4 atom stereocenters. The predicted octanol–water partition coefficient (Wildman–Crippen LogP) is 5.15. The fraction of sp³-hybridized carbons (Fsp3) is 0.303. The molecule has 0 unspecified atom stereocenters. The van der Waals surface area contributed by atoms with Crippen LogP contribution in [0.15, 0.2) is 92.6 Å². The average Bonchev–Trinajstić information content (AvgIpc) is 3.62. The summed E-state index contributed by atoms with van der Waals surface area (Å²) in [6, 6.07) is 7.69. The number of aromatic nitrogens is 6. The molecule has 2 saturated heterocycles. The molecule has 2 saturated carbocycles. The highest BCUT2D eigenvalue weighted by Crippen LogP contribution is 2.59. The summed E-state index contributed by atoms with van der Waals surface area (Å²) < 4.78 is 58.2. The SMILES string of the molecule is Fc1cc(F)cc([C@@]23CNC[C@@H]2C3)c1.Fc1cc(F)cc([C@]23C[C@H]2CN(C(=S)n2ccnc2)C3)c1.S=C(n1ccnc1)n1ccnc1. The van der Waals surface area contributed by atoms with Crippen LogP contribution in [0.1, 0.15) is 24.0 Å². The Bertz CT molecular complexity index is 1820. The molecule has 9 rings (SSSR count). The largest absolute Gasteiger partial charge is 0.347 e. The molecule has 0 amide bonds. The minimum Gasteiger partial charge on any atom is -0.347 e. The topological polar surface area (TPSA) is 68.7 Å². The minimum atomic E-state index is -0.513. The minimum absolute atomic E-state index is 0.0446. The quantitative estimate of drug-likeness (QED) is 0.205. The fourth-order valence-electron chi connectivity index (χ4n) is 6.96. The van der Waals surface area contributed by atoms with Crippen molar-refractivity contribution in [2.45, 2.75) is 23.7 Å². The van der Waals surface area contributed by atoms with Crippen molar-refractivity contribution in [2.24, 2.45) is 11.8 Å². The van der Waals surface area contributed by atoms with Gasteiger partial charge in [0.05, 0.1) is 0 Å². The number of nitrogens with zero attached hydrogens (tertiary/aromatic N) is 7. The molecule has 2 aliphatic heterocycles. The van der Waals surface area contributed by atoms with Gasteiger partial charge in [-0.15, -0.1) is 0 Å². The first-order valence-electron chi connectivity index (χ1n) is 15.1. The molecule has 5 heterocycles. The van der Waals surface area contributed by atoms with Gasteiger partial charge in [0, 0.05) is 79.8 Å². The second-order valence-electron chi connectivity index (χ2n) is 12.4. The van der Waals surface area contributed by atoms with E-state index in [1.165, 1.54) is 24.3 Å². The summed E-state index contributed by atoms with van der Waals surface area (Å²) in [5.41, 5.74) is 1.47. The van der Waals surface area contributed by atoms with Gasteiger partial charge in [0.2, 0.25) is 0 Å². The predicted molar refractivity (Wildman–Crippen MR) is 175 cm³/mol. The second-order valence-corrected chi connectivity index (χ2v) is 13.1. The van der Waals surface area contributed by atoms with Gasteiger partial charge in [0.1, 0.15) is 42.3 Å². The number of nitrogens with one attached hydrogen (secondary N) is 1. The number of hydrogen-bond acceptors (Lipinski definition) is 6. The van der Waals surface area contributed by atoms with Crippen LogP contribution >= 0.6 is 24.4 Å². The van der Waals surface area contributed by atoms with E-state index in [1.807, 2.05) is 0 Å². The Kier molecular flexibility index (Phi) is 8.26. The highest BCUT2D eigenvalue weighted by Gasteiger charge is 2.61. The first-order valence-corrected chi connectivity index (χ1v) is 15.9. The Hall–Kier alpha value is -4.27. The van der Waals surface area contributed by atoms with Crippen molar-refractivity contribution in [3.05, 3.63) is 127 Å². The van der Waals surface area contributed by atoms with Gasteiger partial charge in [-0.2, -0.15) is 0 Å². The van der Waals surface area contributed by atoms with Crippen molar-refractivity contribution in [1.29, 1.82) is 0 Å². The summed E-state index contributed by atoms with van der Waals surface area (Å²) in [7, 11) is 0. The van der Waals surface area contributed by atoms with E-state index in [0.29, 0.717) is 28.6 Å². The third kappa shape index (κ3) is 6.24. The third-order valence-corrected chi connectivity index (χ3v) is 10.4. The highest BCUT2D eigenvalue weighted by molar-refractivity contribution is 7.80. The Morgan fingerprint density at radius 2 is 1.13 bits per heavy atom. The van der Waals surface area contributed by atoms with Crippen LogP contribution in [0.4, 0.5) is 17.6 Å². The van der Waals surface area contributed by atoms with Crippen molar-refractivity contribution >= 4 is 34.7 Å². The monoisotopic (exact) mass is 678 g/mol. The van der Waals surface area contributed by atoms with Gasteiger partial charge in [-0.25, -0.2) is 32.5 Å². The van der Waals surface area contributed by atoms with Crippen molar-refractivity contribution in [2.75, 3.05) is 26.2 Å². The number of imidazole rings is 3. The Labute approximate surface area is 279 Å². The number of hydrogen-bond donors (Lipinski definition) is 1. The van der Waals surface area contributed by atoms with Gasteiger partial charge in [-0.1, -0.05) is 0 Å². The number of fused-ring (bicyclic) bond motifs is 2. The Morgan fingerprint density at radius 3 is 1.55 bits per heavy atom. The number of likely N-dealkylation sites (tertiary alicyclic amines) is 1. The van der Waals surface area contributed by atoms with Gasteiger partial charge in [-0.05, 0) is 91.1 Å². The lowest BCUT2D eigenvalue weighted by atomic mass is 9.95. The maximum atomic E-state index is 13.5. The molecule has 14 heteroatoms. The van der Waals surface area contributed by atoms with Crippen LogP contribution in [0, 0.1) is 35.1 Å². The molecule has 1 N–H and O–H groups in total. The molecule has 2 aromatic carbocycles. The second kappa shape index (κ2) is 12.4. The number of halogens is 4. The zero-order chi connectivity index (χ0) is 32.8. The van der Waals surface area contributed by atoms with Crippen molar-refractivity contribution < 1.29 is 17.6 Å². The summed E-state index contributed by atoms with van der Waals surface area (Å²) in [4.78, 5) is 13.9. The van der Waals surface area contributed by atoms with Crippen LogP contribution < -0.4 is 5.32 Å². The number of piperidine rings is 2. The molecule has 0 radical (unpaired) electrons. The van der Waals surface area contributed by atoms with Gasteiger partial charge < -0.3 is 10.2 Å². The molecule has 8 nitrogen and oxygen atoms in total. The molecule has 4 fully saturated rings. The van der Waals surface area contributed by atoms with Crippen LogP contribution in [-0.2, 0) is 10.8 Å². The van der Waals surface area contributed by atoms with Crippen molar-refractivity contribution in [3.8, 4) is 0 Å². The van der Waals surface area contributed by atoms with Crippen LogP contribution in [0.25, 0.3) is 0 Å². The van der Waals surface area contributed by atoms with Gasteiger partial charge in [-0.3, -0.25) is 13.7 Å². The van der Waals surface area contributed by atoms with Crippen molar-refractivity contribution in [3.63, 3.8) is 0 Å². The Morgan fingerprint density at radius 1 is 0.660 bits per heavy atom. The number of rotatable bonds is 2. The lowest BCUT2D eigenvalue weighted by Crippen LogP contribution is -2.35. The van der Waals surface area contributed by atoms with Crippen LogP contribution in [0.2, 0.25) is 0 Å². The maximum Gasteiger partial charge on any atom is 0.190 e. The molecule has 3 aromatic heterocycles. The van der Waals surface area contributed by atoms with Crippen molar-refractivity contribution in [1.82, 2.24) is 38.9 Å². The Balaban J connectivity index is 0.000000118. The molecule has 242 valence electrons. The van der Waals surface area contributed by atoms with E-state index in [0.717, 1.165) is 55.7 Å². The van der Waals surface area contributed by atoms with E-state index >= 15 is 0 Å². The lowest BCUT2D eigenvalue weighted by Gasteiger charge is -2.24. The van der Waals surface area contributed by atoms with Crippen LogP contribution in [-0.4, -0.2) is 70.0 Å². The fourth-order valence-corrected chi connectivity index (χ4v) is 7.42. The van der Waals surface area contributed by atoms with E-state index in [9.17, 15) is 17.6 Å². The summed E-state index contributed by atoms with van der Waals surface area (Å²) >= 11 is 10.6. The molecule has 0 bridgehead atoms. The molecular formula is C33H30F4N8S2. The molecule has 4 aliphatic rings.